The third kappa shape index (κ3) is 24.1. The van der Waals surface area contributed by atoms with Crippen molar-refractivity contribution in [1.82, 2.24) is 50.8 Å². The number of aliphatic hydroxyl groups is 1. The number of aromatic hydroxyl groups is 1. The maximum atomic E-state index is 15.2. The second-order valence-electron chi connectivity index (χ2n) is 26.5. The molecule has 7 rings (SSSR count). The number of rotatable bonds is 24. The Morgan fingerprint density at radius 2 is 1.49 bits per heavy atom. The van der Waals surface area contributed by atoms with Crippen molar-refractivity contribution in [2.45, 2.75) is 147 Å². The number of aliphatic hydroxyl groups excluding tert-OH is 1. The number of carbonyl (C=O) groups is 12. The van der Waals surface area contributed by atoms with E-state index < -0.39 is 158 Å². The third-order valence-electron chi connectivity index (χ3n) is 18.6. The molecule has 0 aliphatic carbocycles. The first-order valence-electron chi connectivity index (χ1n) is 33.9. The monoisotopic (exact) mass is 1420 g/mol. The van der Waals surface area contributed by atoms with Crippen LogP contribution in [-0.2, 0) is 70.4 Å². The van der Waals surface area contributed by atoms with Gasteiger partial charge in [0.1, 0.15) is 17.8 Å². The zero-order chi connectivity index (χ0) is 71.2. The Hall–Kier alpha value is -6.99. The van der Waals surface area contributed by atoms with Crippen molar-refractivity contribution in [3.05, 3.63) is 64.8 Å². The molecule has 4 saturated heterocycles. The summed E-state index contributed by atoms with van der Waals surface area (Å²) < 4.78 is 0. The number of phenols is 1. The van der Waals surface area contributed by atoms with Gasteiger partial charge in [-0.1, -0.05) is 78.2 Å². The van der Waals surface area contributed by atoms with Gasteiger partial charge < -0.3 is 66.5 Å². The summed E-state index contributed by atoms with van der Waals surface area (Å²) in [6, 6.07) is 5.02. The molecule has 98 heavy (non-hydrogen) atoms. The highest BCUT2D eigenvalue weighted by Crippen LogP contribution is 2.31. The quantitative estimate of drug-likeness (QED) is 0.0576. The number of aromatic nitrogens is 1. The summed E-state index contributed by atoms with van der Waals surface area (Å²) in [6.07, 6.45) is -1.48. The zero-order valence-corrected chi connectivity index (χ0v) is 58.4. The number of aromatic amines is 1. The van der Waals surface area contributed by atoms with Crippen LogP contribution < -0.4 is 21.3 Å². The van der Waals surface area contributed by atoms with Crippen molar-refractivity contribution in [2.75, 3.05) is 96.6 Å². The lowest BCUT2D eigenvalue weighted by molar-refractivity contribution is -0.144. The van der Waals surface area contributed by atoms with Crippen LogP contribution in [0, 0.1) is 23.7 Å². The number of carboxylic acid groups (broad SMARTS) is 3. The maximum absolute atomic E-state index is 15.2. The van der Waals surface area contributed by atoms with Gasteiger partial charge in [0.25, 0.3) is 0 Å². The Balaban J connectivity index is 1.14. The predicted octanol–water partition coefficient (Wildman–Crippen LogP) is 3.19. The topological polar surface area (TPSA) is 386 Å². The van der Waals surface area contributed by atoms with Gasteiger partial charge in [-0.15, -0.1) is 0 Å². The summed E-state index contributed by atoms with van der Waals surface area (Å²) in [4.78, 5) is 179. The molecule has 30 heteroatoms. The number of hydrogen-bond acceptors (Lipinski definition) is 20. The minimum Gasteiger partial charge on any atom is -0.506 e. The summed E-state index contributed by atoms with van der Waals surface area (Å²) in [6.45, 7) is 10.3. The molecule has 5 heterocycles. The lowest BCUT2D eigenvalue weighted by Crippen LogP contribution is -2.54. The van der Waals surface area contributed by atoms with Gasteiger partial charge in [-0.2, -0.15) is 0 Å². The van der Waals surface area contributed by atoms with Gasteiger partial charge in [0.05, 0.1) is 42.3 Å². The molecule has 538 valence electrons. The normalized spacial score (nSPS) is 24.5. The molecule has 27 nitrogen and oxygen atoms in total. The first-order chi connectivity index (χ1) is 46.7. The first kappa shape index (κ1) is 78.3. The second-order valence-corrected chi connectivity index (χ2v) is 29.5. The minimum atomic E-state index is -1.56. The first-order valence-corrected chi connectivity index (χ1v) is 36.7. The smallest absolute Gasteiger partial charge is 0.320 e. The largest absolute Gasteiger partial charge is 0.506 e. The van der Waals surface area contributed by atoms with E-state index in [0.29, 0.717) is 69.9 Å². The summed E-state index contributed by atoms with van der Waals surface area (Å²) in [5.41, 5.74) is 1.76. The average Bonchev–Trinajstić information content (AvgIpc) is 1.64. The highest BCUT2D eigenvalue weighted by Gasteiger charge is 2.44. The second kappa shape index (κ2) is 38.6. The van der Waals surface area contributed by atoms with Crippen LogP contribution in [0.1, 0.15) is 109 Å². The summed E-state index contributed by atoms with van der Waals surface area (Å²) in [5.74, 6) is -13.5. The van der Waals surface area contributed by atoms with Crippen LogP contribution in [0.15, 0.2) is 48.7 Å². The van der Waals surface area contributed by atoms with Gasteiger partial charge in [0.15, 0.2) is 23.1 Å². The van der Waals surface area contributed by atoms with Gasteiger partial charge in [-0.3, -0.25) is 67.3 Å². The van der Waals surface area contributed by atoms with Crippen molar-refractivity contribution in [3.8, 4) is 5.75 Å². The Kier molecular flexibility index (Phi) is 30.8. The molecular weight excluding hydrogens is 1330 g/mol. The molecule has 3 unspecified atom stereocenters. The van der Waals surface area contributed by atoms with Crippen LogP contribution in [0.2, 0.25) is 5.02 Å². The Bertz CT molecular complexity index is 3320. The fourth-order valence-electron chi connectivity index (χ4n) is 13.3. The van der Waals surface area contributed by atoms with Gasteiger partial charge in [0, 0.05) is 157 Å². The van der Waals surface area contributed by atoms with Crippen molar-refractivity contribution >= 4 is 115 Å². The molecule has 0 saturated carbocycles. The lowest BCUT2D eigenvalue weighted by Gasteiger charge is -2.37. The molecule has 0 spiro atoms. The summed E-state index contributed by atoms with van der Waals surface area (Å²) in [5, 5.41) is 63.4. The number of hydrogen-bond donors (Lipinski definition) is 10. The molecule has 0 radical (unpaired) electrons. The molecule has 10 N–H and O–H groups in total. The number of aliphatic carboxylic acids is 3. The van der Waals surface area contributed by atoms with E-state index in [1.807, 2.05) is 41.8 Å². The molecule has 11 atom stereocenters. The van der Waals surface area contributed by atoms with E-state index in [0.717, 1.165) is 56.9 Å². The number of nitrogens with one attached hydrogen (secondary N) is 5. The van der Waals surface area contributed by atoms with Gasteiger partial charge in [-0.25, -0.2) is 0 Å². The SMILES string of the molecule is CCC(=O)[C@@H]1CSSC[C@H](NC(=O)[C@@H](CCC(=O)O)CC(=O)[C@H](Cc2c[nH]c3ccccc23)NC(=O)CCC(C(=O)O)N2CCCN3CCN(CCCN(CC(=O)O)CC3)CC2)C(=O)N2C[C@H](O)C[C@H]2C(=O)C[C@@H](Cc2ccc(O)c(Cl)c2)C(=O)NCC(=O)C[C@@H](CC(C)C)C(=O)N1. The van der Waals surface area contributed by atoms with E-state index >= 15 is 14.4 Å². The third-order valence-corrected chi connectivity index (χ3v) is 21.4. The number of carbonyl (C=O) groups excluding carboxylic acids is 9. The van der Waals surface area contributed by atoms with Crippen LogP contribution >= 0.6 is 33.2 Å². The van der Waals surface area contributed by atoms with E-state index in [9.17, 15) is 68.7 Å². The molecule has 3 aromatic rings. The van der Waals surface area contributed by atoms with E-state index in [1.54, 1.807) is 19.2 Å². The molecular formula is C68H95ClN10O17S2. The number of para-hydroxylation sites is 1. The zero-order valence-electron chi connectivity index (χ0n) is 56.0. The molecule has 4 aliphatic rings. The summed E-state index contributed by atoms with van der Waals surface area (Å²) >= 11 is 6.26. The molecule has 4 aliphatic heterocycles. The number of amides is 5. The molecule has 2 aromatic carbocycles. The van der Waals surface area contributed by atoms with Crippen LogP contribution in [0.3, 0.4) is 0 Å². The van der Waals surface area contributed by atoms with E-state index in [2.05, 4.69) is 36.1 Å². The van der Waals surface area contributed by atoms with E-state index in [4.69, 9.17) is 11.6 Å². The van der Waals surface area contributed by atoms with E-state index in [-0.39, 0.29) is 91.9 Å². The average molecular weight is 1420 g/mol. The maximum Gasteiger partial charge on any atom is 0.320 e. The standard InChI is InChI=1S/C68H95ClN10O17S2/c1-4-57(82)53-39-97-98-40-54(67(94)79-37-48(81)34-56(79)60(85)33-45(28-42-11-14-58(83)50(69)29-42)64(91)71-36-47(80)30-44(27-41(2)3)66(93)73-53)74-65(92)43(12-16-62(87)88)32-59(84)52(31-46-35-70-51-10-6-5-9-49(46)51)72-61(86)15-13-55(68(95)96)78-20-8-18-75-21-22-76(25-26-78)17-7-19-77(24-23-75)38-63(89)90/h5-6,9-11,14,29,35,41,43-45,48,52-56,70,81,83H,4,7-8,12-13,15-28,30-34,36-40H2,1-3H3,(H,71,91)(H,72,86)(H,73,93)(H,74,92)(H,87,88)(H,89,90)(H,95,96)/t43-,44+,45+,48+,52-,53-,54-,55?,56-/m0/s1. The number of benzene rings is 2. The van der Waals surface area contributed by atoms with Gasteiger partial charge >= 0.3 is 17.9 Å². The van der Waals surface area contributed by atoms with E-state index in [1.165, 1.54) is 18.2 Å². The summed E-state index contributed by atoms with van der Waals surface area (Å²) in [7, 11) is 2.10. The number of fused-ring (bicyclic) bond motifs is 5. The number of Topliss-reactive ketones (excluding diaryl/α,β-unsaturated/α-hetero) is 4. The van der Waals surface area contributed by atoms with Crippen LogP contribution in [0.4, 0.5) is 0 Å². The number of phenolic OH excluding ortho intramolecular Hbond substituents is 1. The Morgan fingerprint density at radius 3 is 2.18 bits per heavy atom. The van der Waals surface area contributed by atoms with Crippen molar-refractivity contribution in [2.24, 2.45) is 23.7 Å². The fourth-order valence-corrected chi connectivity index (χ4v) is 15.9. The van der Waals surface area contributed by atoms with Gasteiger partial charge in [0.2, 0.25) is 29.5 Å². The number of ketones is 4. The van der Waals surface area contributed by atoms with Crippen molar-refractivity contribution < 1.29 is 83.1 Å². The lowest BCUT2D eigenvalue weighted by atomic mass is 9.89. The van der Waals surface area contributed by atoms with Crippen molar-refractivity contribution in [3.63, 3.8) is 0 Å². The van der Waals surface area contributed by atoms with Gasteiger partial charge in [-0.05, 0) is 86.9 Å². The molecule has 5 amide bonds. The van der Waals surface area contributed by atoms with Crippen LogP contribution in [0.5, 0.6) is 5.75 Å². The van der Waals surface area contributed by atoms with Crippen LogP contribution in [0.25, 0.3) is 10.9 Å². The highest BCUT2D eigenvalue weighted by molar-refractivity contribution is 8.76. The fraction of sp³-hybridized carbons (Fsp3) is 0.618. The number of H-pyrrole nitrogens is 1. The Morgan fingerprint density at radius 1 is 0.786 bits per heavy atom. The highest BCUT2D eigenvalue weighted by atomic mass is 35.5. The predicted molar refractivity (Wildman–Crippen MR) is 368 cm³/mol. The number of nitrogens with zero attached hydrogens (tertiary/aromatic N) is 5. The molecule has 2 bridgehead atoms. The number of halogens is 1. The molecule has 4 fully saturated rings. The molecule has 1 aromatic heterocycles. The number of carboxylic acids is 3. The van der Waals surface area contributed by atoms with Crippen LogP contribution in [-0.4, -0.2) is 258 Å². The van der Waals surface area contributed by atoms with Crippen molar-refractivity contribution in [1.29, 1.82) is 0 Å². The minimum absolute atomic E-state index is 0.0180. The Labute approximate surface area is 583 Å².